The lowest BCUT2D eigenvalue weighted by Crippen LogP contribution is -2.03. The summed E-state index contributed by atoms with van der Waals surface area (Å²) in [6.45, 7) is 2.30. The standard InChI is InChI=1S/C9H11NO2/c1-2-12-6-8(5-10)9(11)7-3-4-7/h6-7H,2-4H2,1H3. The number of ketones is 1. The molecule has 0 atom stereocenters. The Morgan fingerprint density at radius 3 is 2.83 bits per heavy atom. The van der Waals surface area contributed by atoms with Gasteiger partial charge in [-0.2, -0.15) is 5.26 Å². The molecule has 1 fully saturated rings. The van der Waals surface area contributed by atoms with Gasteiger partial charge in [0, 0.05) is 5.92 Å². The summed E-state index contributed by atoms with van der Waals surface area (Å²) in [6.07, 6.45) is 3.11. The Morgan fingerprint density at radius 1 is 1.75 bits per heavy atom. The smallest absolute Gasteiger partial charge is 0.179 e. The van der Waals surface area contributed by atoms with E-state index in [1.807, 2.05) is 13.0 Å². The summed E-state index contributed by atoms with van der Waals surface area (Å²) in [5.41, 5.74) is 0.152. The molecular formula is C9H11NO2. The normalized spacial score (nSPS) is 16.8. The van der Waals surface area contributed by atoms with Crippen LogP contribution < -0.4 is 0 Å². The summed E-state index contributed by atoms with van der Waals surface area (Å²) in [5, 5.41) is 8.58. The van der Waals surface area contributed by atoms with Gasteiger partial charge in [-0.05, 0) is 19.8 Å². The zero-order chi connectivity index (χ0) is 8.97. The number of hydrogen-bond donors (Lipinski definition) is 0. The number of nitrogens with zero attached hydrogens (tertiary/aromatic N) is 1. The average Bonchev–Trinajstić information content (AvgIpc) is 2.88. The zero-order valence-corrected chi connectivity index (χ0v) is 7.04. The number of ether oxygens (including phenoxy) is 1. The maximum Gasteiger partial charge on any atom is 0.179 e. The largest absolute Gasteiger partial charge is 0.500 e. The van der Waals surface area contributed by atoms with Crippen molar-refractivity contribution in [2.45, 2.75) is 19.8 Å². The molecular weight excluding hydrogens is 154 g/mol. The van der Waals surface area contributed by atoms with E-state index in [2.05, 4.69) is 0 Å². The second-order valence-corrected chi connectivity index (χ2v) is 2.74. The Morgan fingerprint density at radius 2 is 2.42 bits per heavy atom. The Kier molecular flexibility index (Phi) is 2.87. The van der Waals surface area contributed by atoms with Crippen molar-refractivity contribution in [1.82, 2.24) is 0 Å². The number of allylic oxidation sites excluding steroid dienone is 1. The van der Waals surface area contributed by atoms with Crippen LogP contribution in [0.15, 0.2) is 11.8 Å². The van der Waals surface area contributed by atoms with Crippen LogP contribution in [0.3, 0.4) is 0 Å². The third-order valence-electron chi connectivity index (χ3n) is 1.70. The van der Waals surface area contributed by atoms with Gasteiger partial charge in [-0.15, -0.1) is 0 Å². The lowest BCUT2D eigenvalue weighted by atomic mass is 10.1. The van der Waals surface area contributed by atoms with Gasteiger partial charge >= 0.3 is 0 Å². The maximum absolute atomic E-state index is 11.3. The number of carbonyl (C=O) groups is 1. The van der Waals surface area contributed by atoms with Crippen LogP contribution in [0.25, 0.3) is 0 Å². The van der Waals surface area contributed by atoms with E-state index in [4.69, 9.17) is 10.00 Å². The van der Waals surface area contributed by atoms with Gasteiger partial charge in [0.1, 0.15) is 17.9 Å². The van der Waals surface area contributed by atoms with Crippen molar-refractivity contribution < 1.29 is 9.53 Å². The predicted molar refractivity (Wildman–Crippen MR) is 43.1 cm³/mol. The molecule has 0 aliphatic heterocycles. The number of rotatable bonds is 4. The number of Topliss-reactive ketones (excluding diaryl/α,β-unsaturated/α-hetero) is 1. The highest BCUT2D eigenvalue weighted by molar-refractivity contribution is 6.01. The summed E-state index contributed by atoms with van der Waals surface area (Å²) in [5.74, 6) is 0.0299. The molecule has 1 rings (SSSR count). The van der Waals surface area contributed by atoms with E-state index in [1.54, 1.807) is 0 Å². The Balaban J connectivity index is 2.55. The van der Waals surface area contributed by atoms with Crippen molar-refractivity contribution >= 4 is 5.78 Å². The molecule has 1 aliphatic carbocycles. The van der Waals surface area contributed by atoms with E-state index in [1.165, 1.54) is 6.26 Å². The van der Waals surface area contributed by atoms with Crippen molar-refractivity contribution in [3.63, 3.8) is 0 Å². The molecule has 0 saturated heterocycles. The van der Waals surface area contributed by atoms with Gasteiger partial charge in [-0.25, -0.2) is 0 Å². The Hall–Kier alpha value is -1.30. The topological polar surface area (TPSA) is 50.1 Å². The molecule has 0 heterocycles. The van der Waals surface area contributed by atoms with Gasteiger partial charge < -0.3 is 4.74 Å². The lowest BCUT2D eigenvalue weighted by molar-refractivity contribution is -0.116. The first-order valence-electron chi connectivity index (χ1n) is 4.05. The quantitative estimate of drug-likeness (QED) is 0.359. The first-order valence-corrected chi connectivity index (χ1v) is 4.05. The SMILES string of the molecule is CCOC=C(C#N)C(=O)C1CC1. The van der Waals surface area contributed by atoms with Crippen LogP contribution in [0.1, 0.15) is 19.8 Å². The van der Waals surface area contributed by atoms with Gasteiger partial charge in [0.05, 0.1) is 6.61 Å². The fourth-order valence-electron chi connectivity index (χ4n) is 0.872. The van der Waals surface area contributed by atoms with Gasteiger partial charge in [0.25, 0.3) is 0 Å². The average molecular weight is 165 g/mol. The first kappa shape index (κ1) is 8.79. The number of nitriles is 1. The lowest BCUT2D eigenvalue weighted by Gasteiger charge is -1.96. The molecule has 0 unspecified atom stereocenters. The molecule has 0 aromatic rings. The fourth-order valence-corrected chi connectivity index (χ4v) is 0.872. The molecule has 64 valence electrons. The molecule has 0 radical (unpaired) electrons. The third kappa shape index (κ3) is 2.09. The van der Waals surface area contributed by atoms with Crippen LogP contribution >= 0.6 is 0 Å². The van der Waals surface area contributed by atoms with Gasteiger partial charge in [0.2, 0.25) is 0 Å². The van der Waals surface area contributed by atoms with Crippen molar-refractivity contribution in [3.8, 4) is 6.07 Å². The molecule has 0 N–H and O–H groups in total. The van der Waals surface area contributed by atoms with Crippen molar-refractivity contribution in [1.29, 1.82) is 5.26 Å². The highest BCUT2D eigenvalue weighted by Crippen LogP contribution is 2.32. The summed E-state index contributed by atoms with van der Waals surface area (Å²) in [4.78, 5) is 11.3. The molecule has 0 amide bonds. The van der Waals surface area contributed by atoms with Crippen LogP contribution in [0.4, 0.5) is 0 Å². The summed E-state index contributed by atoms with van der Waals surface area (Å²) in [7, 11) is 0. The van der Waals surface area contributed by atoms with Gasteiger partial charge in [0.15, 0.2) is 5.78 Å². The van der Waals surface area contributed by atoms with E-state index in [9.17, 15) is 4.79 Å². The highest BCUT2D eigenvalue weighted by Gasteiger charge is 2.32. The first-order chi connectivity index (χ1) is 5.79. The van der Waals surface area contributed by atoms with E-state index >= 15 is 0 Å². The van der Waals surface area contributed by atoms with E-state index in [0.717, 1.165) is 12.8 Å². The highest BCUT2D eigenvalue weighted by atomic mass is 16.5. The molecule has 0 spiro atoms. The minimum Gasteiger partial charge on any atom is -0.500 e. The molecule has 3 heteroatoms. The van der Waals surface area contributed by atoms with Crippen molar-refractivity contribution in [2.24, 2.45) is 5.92 Å². The van der Waals surface area contributed by atoms with E-state index in [-0.39, 0.29) is 17.3 Å². The zero-order valence-electron chi connectivity index (χ0n) is 7.04. The molecule has 0 bridgehead atoms. The maximum atomic E-state index is 11.3. The van der Waals surface area contributed by atoms with Crippen LogP contribution in [0.5, 0.6) is 0 Å². The molecule has 0 aromatic heterocycles. The van der Waals surface area contributed by atoms with Crippen LogP contribution in [-0.2, 0) is 9.53 Å². The Labute approximate surface area is 71.6 Å². The molecule has 1 saturated carbocycles. The molecule has 3 nitrogen and oxygen atoms in total. The number of carbonyl (C=O) groups excluding carboxylic acids is 1. The van der Waals surface area contributed by atoms with E-state index in [0.29, 0.717) is 6.61 Å². The second kappa shape index (κ2) is 3.91. The van der Waals surface area contributed by atoms with Crippen molar-refractivity contribution in [2.75, 3.05) is 6.61 Å². The number of hydrogen-bond acceptors (Lipinski definition) is 3. The summed E-state index contributed by atoms with van der Waals surface area (Å²) < 4.78 is 4.88. The Bertz CT molecular complexity index is 246. The predicted octanol–water partition coefficient (Wildman–Crippen LogP) is 1.41. The van der Waals surface area contributed by atoms with Crippen LogP contribution in [-0.4, -0.2) is 12.4 Å². The monoisotopic (exact) mass is 165 g/mol. The van der Waals surface area contributed by atoms with Crippen LogP contribution in [0, 0.1) is 17.2 Å². The minimum absolute atomic E-state index is 0.0639. The fraction of sp³-hybridized carbons (Fsp3) is 0.556. The van der Waals surface area contributed by atoms with Crippen molar-refractivity contribution in [3.05, 3.63) is 11.8 Å². The van der Waals surface area contributed by atoms with E-state index < -0.39 is 0 Å². The summed E-state index contributed by atoms with van der Waals surface area (Å²) in [6, 6.07) is 1.84. The molecule has 12 heavy (non-hydrogen) atoms. The van der Waals surface area contributed by atoms with Gasteiger partial charge in [-0.1, -0.05) is 0 Å². The van der Waals surface area contributed by atoms with Crippen LogP contribution in [0.2, 0.25) is 0 Å². The molecule has 0 aromatic carbocycles. The summed E-state index contributed by atoms with van der Waals surface area (Å²) >= 11 is 0. The van der Waals surface area contributed by atoms with Gasteiger partial charge in [-0.3, -0.25) is 4.79 Å². The minimum atomic E-state index is -0.0639. The second-order valence-electron chi connectivity index (χ2n) is 2.74. The molecule has 1 aliphatic rings. The third-order valence-corrected chi connectivity index (χ3v) is 1.70.